The van der Waals surface area contributed by atoms with Gasteiger partial charge in [0.2, 0.25) is 0 Å². The van der Waals surface area contributed by atoms with Crippen LogP contribution in [0.4, 0.5) is 21.9 Å². The third-order valence-corrected chi connectivity index (χ3v) is 6.57. The lowest BCUT2D eigenvalue weighted by molar-refractivity contribution is -0.108. The molecule has 1 aliphatic heterocycles. The Kier molecular flexibility index (Phi) is 17.2. The molecule has 222 valence electrons. The molecule has 9 heteroatoms. The Bertz CT molecular complexity index is 1160. The highest BCUT2D eigenvalue weighted by molar-refractivity contribution is 6.30. The van der Waals surface area contributed by atoms with Crippen LogP contribution in [-0.4, -0.2) is 76.2 Å². The highest BCUT2D eigenvalue weighted by Crippen LogP contribution is 2.20. The Balaban J connectivity index is 0.000000370. The number of aldehydes is 1. The summed E-state index contributed by atoms with van der Waals surface area (Å²) in [4.78, 5) is 36.6. The van der Waals surface area contributed by atoms with Gasteiger partial charge in [-0.2, -0.15) is 0 Å². The van der Waals surface area contributed by atoms with Crippen LogP contribution in [0.5, 0.6) is 0 Å². The van der Waals surface area contributed by atoms with Crippen molar-refractivity contribution in [2.45, 2.75) is 26.8 Å². The van der Waals surface area contributed by atoms with Gasteiger partial charge in [-0.1, -0.05) is 49.7 Å². The van der Waals surface area contributed by atoms with Gasteiger partial charge in [0.15, 0.2) is 0 Å². The summed E-state index contributed by atoms with van der Waals surface area (Å²) in [6, 6.07) is 23.6. The fourth-order valence-corrected chi connectivity index (χ4v) is 4.08. The Morgan fingerprint density at radius 3 is 2.10 bits per heavy atom. The summed E-state index contributed by atoms with van der Waals surface area (Å²) in [5.74, 6) is 0. The molecule has 2 amide bonds. The van der Waals surface area contributed by atoms with Crippen molar-refractivity contribution >= 4 is 47.8 Å². The molecule has 4 rings (SSSR count). The first-order valence-electron chi connectivity index (χ1n) is 13.7. The van der Waals surface area contributed by atoms with Gasteiger partial charge in [-0.25, -0.2) is 4.79 Å². The number of nitrogens with one attached hydrogen (secondary N) is 2. The number of fused-ring (bicyclic) bond motifs is 1. The van der Waals surface area contributed by atoms with E-state index in [1.165, 1.54) is 16.8 Å². The van der Waals surface area contributed by atoms with Crippen molar-refractivity contribution in [3.8, 4) is 0 Å². The highest BCUT2D eigenvalue weighted by Gasteiger charge is 2.20. The smallest absolute Gasteiger partial charge is 0.322 e. The number of hydrogen-bond donors (Lipinski definition) is 2. The SMILES string of the molecule is C=O.CC.CNc1ccc(N(C)CCN(C)CC=O)cc1.O=C(Nc1ccc(Cl)cc1)N1CCc2ccccc2C1. The summed E-state index contributed by atoms with van der Waals surface area (Å²) >= 11 is 5.83. The van der Waals surface area contributed by atoms with E-state index in [1.807, 2.05) is 56.7 Å². The maximum absolute atomic E-state index is 12.2. The lowest BCUT2D eigenvalue weighted by Gasteiger charge is -2.28. The number of carbonyl (C=O) groups is 3. The maximum Gasteiger partial charge on any atom is 0.322 e. The molecule has 0 spiro atoms. The Morgan fingerprint density at radius 1 is 0.927 bits per heavy atom. The first-order chi connectivity index (χ1) is 19.9. The molecule has 0 atom stereocenters. The maximum atomic E-state index is 12.2. The molecule has 0 bridgehead atoms. The number of hydrogen-bond acceptors (Lipinski definition) is 6. The molecular formula is C32H44ClN5O3. The third kappa shape index (κ3) is 12.4. The summed E-state index contributed by atoms with van der Waals surface area (Å²) in [6.07, 6.45) is 1.84. The van der Waals surface area contributed by atoms with Gasteiger partial charge in [0.05, 0.1) is 6.54 Å². The molecule has 1 aliphatic rings. The molecule has 0 aliphatic carbocycles. The van der Waals surface area contributed by atoms with Crippen LogP contribution in [-0.2, 0) is 22.6 Å². The van der Waals surface area contributed by atoms with Crippen molar-refractivity contribution < 1.29 is 14.4 Å². The minimum Gasteiger partial charge on any atom is -0.388 e. The first-order valence-corrected chi connectivity index (χ1v) is 14.1. The average molecular weight is 582 g/mol. The molecular weight excluding hydrogens is 538 g/mol. The number of amides is 2. The van der Waals surface area contributed by atoms with E-state index in [-0.39, 0.29) is 6.03 Å². The molecule has 0 aromatic heterocycles. The van der Waals surface area contributed by atoms with Crippen molar-refractivity contribution in [1.82, 2.24) is 9.80 Å². The lowest BCUT2D eigenvalue weighted by atomic mass is 10.0. The number of urea groups is 1. The fourth-order valence-electron chi connectivity index (χ4n) is 3.96. The van der Waals surface area contributed by atoms with Crippen molar-refractivity contribution in [3.05, 3.63) is 88.9 Å². The van der Waals surface area contributed by atoms with E-state index in [0.717, 1.165) is 43.7 Å². The van der Waals surface area contributed by atoms with Crippen molar-refractivity contribution in [3.63, 3.8) is 0 Å². The van der Waals surface area contributed by atoms with Crippen LogP contribution >= 0.6 is 11.6 Å². The summed E-state index contributed by atoms with van der Waals surface area (Å²) in [5, 5.41) is 6.65. The Morgan fingerprint density at radius 2 is 1.51 bits per heavy atom. The van der Waals surface area contributed by atoms with E-state index in [1.54, 1.807) is 24.3 Å². The molecule has 1 heterocycles. The molecule has 0 fully saturated rings. The highest BCUT2D eigenvalue weighted by atomic mass is 35.5. The normalized spacial score (nSPS) is 11.2. The molecule has 0 unspecified atom stereocenters. The van der Waals surface area contributed by atoms with Gasteiger partial charge in [-0.05, 0) is 73.1 Å². The average Bonchev–Trinajstić information content (AvgIpc) is 3.03. The van der Waals surface area contributed by atoms with Gasteiger partial charge in [0.25, 0.3) is 0 Å². The molecule has 3 aromatic carbocycles. The standard InChI is InChI=1S/C16H15ClN2O.C13H21N3O.C2H6.CH2O/c17-14-5-7-15(8-6-14)18-16(20)19-10-9-12-3-1-2-4-13(12)11-19;1-14-12-4-6-13(7-5-12)16(3)9-8-15(2)10-11-17;2*1-2/h1-8H,9-11H2,(H,18,20);4-7,11,14H,8-10H2,1-3H3;1-2H3;1H2. The van der Waals surface area contributed by atoms with Crippen LogP contribution in [0.2, 0.25) is 5.02 Å². The summed E-state index contributed by atoms with van der Waals surface area (Å²) in [7, 11) is 5.92. The second kappa shape index (κ2) is 20.1. The van der Waals surface area contributed by atoms with E-state index < -0.39 is 0 Å². The van der Waals surface area contributed by atoms with Crippen molar-refractivity contribution in [1.29, 1.82) is 0 Å². The summed E-state index contributed by atoms with van der Waals surface area (Å²) in [5.41, 5.74) is 5.62. The molecule has 0 saturated carbocycles. The van der Waals surface area contributed by atoms with E-state index in [0.29, 0.717) is 18.1 Å². The van der Waals surface area contributed by atoms with Crippen LogP contribution in [0.3, 0.4) is 0 Å². The molecule has 3 aromatic rings. The molecule has 0 radical (unpaired) electrons. The molecule has 8 nitrogen and oxygen atoms in total. The number of benzene rings is 3. The quantitative estimate of drug-likeness (QED) is 0.314. The van der Waals surface area contributed by atoms with Gasteiger partial charge in [-0.3, -0.25) is 4.90 Å². The molecule has 0 saturated heterocycles. The fraction of sp³-hybridized carbons (Fsp3) is 0.344. The largest absolute Gasteiger partial charge is 0.388 e. The van der Waals surface area contributed by atoms with Gasteiger partial charge < -0.3 is 30.0 Å². The Hall–Kier alpha value is -3.88. The predicted molar refractivity (Wildman–Crippen MR) is 172 cm³/mol. The van der Waals surface area contributed by atoms with Gasteiger partial charge in [-0.15, -0.1) is 0 Å². The van der Waals surface area contributed by atoms with Crippen LogP contribution < -0.4 is 15.5 Å². The lowest BCUT2D eigenvalue weighted by Crippen LogP contribution is -2.38. The third-order valence-electron chi connectivity index (χ3n) is 6.31. The van der Waals surface area contributed by atoms with E-state index in [9.17, 15) is 9.59 Å². The van der Waals surface area contributed by atoms with Crippen LogP contribution in [0.15, 0.2) is 72.8 Å². The molecule has 2 N–H and O–H groups in total. The number of carbonyl (C=O) groups excluding carboxylic acids is 3. The monoisotopic (exact) mass is 581 g/mol. The van der Waals surface area contributed by atoms with Gasteiger partial charge in [0, 0.05) is 62.4 Å². The predicted octanol–water partition coefficient (Wildman–Crippen LogP) is 6.07. The van der Waals surface area contributed by atoms with Crippen LogP contribution in [0.25, 0.3) is 0 Å². The second-order valence-corrected chi connectivity index (χ2v) is 9.46. The van der Waals surface area contributed by atoms with Crippen molar-refractivity contribution in [2.75, 3.05) is 62.9 Å². The Labute approximate surface area is 250 Å². The van der Waals surface area contributed by atoms with E-state index >= 15 is 0 Å². The van der Waals surface area contributed by atoms with Crippen molar-refractivity contribution in [2.24, 2.45) is 0 Å². The summed E-state index contributed by atoms with van der Waals surface area (Å²) in [6.45, 7) is 9.69. The van der Waals surface area contributed by atoms with Crippen LogP contribution in [0, 0.1) is 0 Å². The molecule has 41 heavy (non-hydrogen) atoms. The zero-order chi connectivity index (χ0) is 30.6. The zero-order valence-corrected chi connectivity index (χ0v) is 25.7. The number of halogens is 1. The van der Waals surface area contributed by atoms with E-state index in [2.05, 4.69) is 59.0 Å². The minimum atomic E-state index is -0.0678. The number of anilines is 3. The van der Waals surface area contributed by atoms with Gasteiger partial charge >= 0.3 is 6.03 Å². The number of likely N-dealkylation sites (N-methyl/N-ethyl adjacent to an activating group) is 2. The van der Waals surface area contributed by atoms with Gasteiger partial charge in [0.1, 0.15) is 13.1 Å². The number of rotatable bonds is 8. The first kappa shape index (κ1) is 35.1. The second-order valence-electron chi connectivity index (χ2n) is 9.02. The minimum absolute atomic E-state index is 0.0678. The zero-order valence-electron chi connectivity index (χ0n) is 24.9. The summed E-state index contributed by atoms with van der Waals surface area (Å²) < 4.78 is 0. The van der Waals surface area contributed by atoms with E-state index in [4.69, 9.17) is 16.4 Å². The number of nitrogens with zero attached hydrogens (tertiary/aromatic N) is 3. The topological polar surface area (TPSA) is 85.0 Å². The van der Waals surface area contributed by atoms with Crippen LogP contribution in [0.1, 0.15) is 25.0 Å².